The van der Waals surface area contributed by atoms with Crippen molar-refractivity contribution >= 4 is 27.4 Å². The van der Waals surface area contributed by atoms with Gasteiger partial charge in [0.2, 0.25) is 0 Å². The summed E-state index contributed by atoms with van der Waals surface area (Å²) in [5.74, 6) is 1.65. The van der Waals surface area contributed by atoms with E-state index < -0.39 is 0 Å². The van der Waals surface area contributed by atoms with E-state index in [-0.39, 0.29) is 0 Å². The summed E-state index contributed by atoms with van der Waals surface area (Å²) in [5.41, 5.74) is 2.07. The first kappa shape index (κ1) is 13.9. The summed E-state index contributed by atoms with van der Waals surface area (Å²) >= 11 is 3.41. The Morgan fingerprint density at radius 1 is 1.29 bits per heavy atom. The Balaban J connectivity index is 1.67. The van der Waals surface area contributed by atoms with Gasteiger partial charge in [0.15, 0.2) is 11.5 Å². The van der Waals surface area contributed by atoms with Gasteiger partial charge in [-0.25, -0.2) is 9.97 Å². The molecule has 0 amide bonds. The molecule has 0 fully saturated rings. The third kappa shape index (κ3) is 3.16. The van der Waals surface area contributed by atoms with Gasteiger partial charge in [-0.1, -0.05) is 12.1 Å². The second kappa shape index (κ2) is 6.13. The van der Waals surface area contributed by atoms with Crippen LogP contribution in [0.4, 0.5) is 5.82 Å². The number of ether oxygens (including phenoxy) is 1. The number of rotatable bonds is 5. The zero-order valence-corrected chi connectivity index (χ0v) is 13.2. The van der Waals surface area contributed by atoms with E-state index in [0.29, 0.717) is 0 Å². The highest BCUT2D eigenvalue weighted by Gasteiger charge is 2.05. The van der Waals surface area contributed by atoms with Crippen molar-refractivity contribution in [2.75, 3.05) is 19.0 Å². The summed E-state index contributed by atoms with van der Waals surface area (Å²) in [6.45, 7) is 0.790. The number of methoxy groups -OCH3 is 1. The predicted octanol–water partition coefficient (Wildman–Crippen LogP) is 3.16. The first-order valence-electron chi connectivity index (χ1n) is 6.62. The number of halogens is 1. The van der Waals surface area contributed by atoms with Gasteiger partial charge in [0.05, 0.1) is 7.11 Å². The standard InChI is InChI=1S/C15H15BrN4O/c1-21-12-4-2-11(3-5-12)6-7-17-14-15-18-8-9-20(15)10-13(16)19-14/h2-5,8-10H,6-7H2,1H3,(H,17,19). The van der Waals surface area contributed by atoms with E-state index in [1.807, 2.05) is 28.9 Å². The Bertz CT molecular complexity index is 739. The second-order valence-corrected chi connectivity index (χ2v) is 5.41. The second-order valence-electron chi connectivity index (χ2n) is 4.60. The van der Waals surface area contributed by atoms with Crippen LogP contribution in [0.15, 0.2) is 47.5 Å². The summed E-state index contributed by atoms with van der Waals surface area (Å²) in [6, 6.07) is 8.08. The van der Waals surface area contributed by atoms with Gasteiger partial charge in [-0.2, -0.15) is 0 Å². The Morgan fingerprint density at radius 3 is 2.86 bits per heavy atom. The number of fused-ring (bicyclic) bond motifs is 1. The number of imidazole rings is 1. The molecular weight excluding hydrogens is 332 g/mol. The van der Waals surface area contributed by atoms with E-state index in [1.165, 1.54) is 5.56 Å². The van der Waals surface area contributed by atoms with Gasteiger partial charge < -0.3 is 14.5 Å². The normalized spacial score (nSPS) is 10.8. The summed E-state index contributed by atoms with van der Waals surface area (Å²) in [4.78, 5) is 8.74. The SMILES string of the molecule is COc1ccc(CCNc2nc(Br)cn3ccnc23)cc1. The van der Waals surface area contributed by atoms with Crippen LogP contribution in [-0.4, -0.2) is 28.0 Å². The van der Waals surface area contributed by atoms with E-state index in [4.69, 9.17) is 4.74 Å². The largest absolute Gasteiger partial charge is 0.497 e. The van der Waals surface area contributed by atoms with E-state index in [9.17, 15) is 0 Å². The Labute approximate surface area is 131 Å². The molecule has 0 aliphatic rings. The highest BCUT2D eigenvalue weighted by molar-refractivity contribution is 9.10. The van der Waals surface area contributed by atoms with Crippen LogP contribution in [-0.2, 0) is 6.42 Å². The number of benzene rings is 1. The average Bonchev–Trinajstić information content (AvgIpc) is 2.96. The molecule has 0 bridgehead atoms. The maximum absolute atomic E-state index is 5.15. The van der Waals surface area contributed by atoms with Crippen molar-refractivity contribution in [1.82, 2.24) is 14.4 Å². The molecule has 0 atom stereocenters. The van der Waals surface area contributed by atoms with E-state index in [0.717, 1.165) is 34.8 Å². The minimum absolute atomic E-state index is 0.778. The minimum Gasteiger partial charge on any atom is -0.497 e. The lowest BCUT2D eigenvalue weighted by Gasteiger charge is -2.08. The zero-order valence-electron chi connectivity index (χ0n) is 11.6. The molecule has 2 aromatic heterocycles. The van der Waals surface area contributed by atoms with Crippen molar-refractivity contribution in [2.45, 2.75) is 6.42 Å². The van der Waals surface area contributed by atoms with E-state index >= 15 is 0 Å². The minimum atomic E-state index is 0.778. The van der Waals surface area contributed by atoms with Gasteiger partial charge in [-0.15, -0.1) is 0 Å². The van der Waals surface area contributed by atoms with Crippen LogP contribution in [0.1, 0.15) is 5.56 Å². The van der Waals surface area contributed by atoms with E-state index in [1.54, 1.807) is 13.3 Å². The molecule has 0 unspecified atom stereocenters. The van der Waals surface area contributed by atoms with Gasteiger partial charge in [-0.3, -0.25) is 0 Å². The fourth-order valence-corrected chi connectivity index (χ4v) is 2.54. The maximum Gasteiger partial charge on any atom is 0.180 e. The Kier molecular flexibility index (Phi) is 4.06. The molecule has 0 spiro atoms. The van der Waals surface area contributed by atoms with Crippen LogP contribution < -0.4 is 10.1 Å². The number of aromatic nitrogens is 3. The predicted molar refractivity (Wildman–Crippen MR) is 85.9 cm³/mol. The van der Waals surface area contributed by atoms with Crippen molar-refractivity contribution in [3.05, 3.63) is 53.0 Å². The molecule has 3 rings (SSSR count). The molecule has 0 aliphatic carbocycles. The number of nitrogens with one attached hydrogen (secondary N) is 1. The molecule has 3 aromatic rings. The van der Waals surface area contributed by atoms with Crippen LogP contribution in [0.5, 0.6) is 5.75 Å². The summed E-state index contributed by atoms with van der Waals surface area (Å²) in [5, 5.41) is 3.34. The highest BCUT2D eigenvalue weighted by Crippen LogP contribution is 2.17. The molecule has 1 aromatic carbocycles. The molecule has 108 valence electrons. The van der Waals surface area contributed by atoms with Crippen LogP contribution in [0.3, 0.4) is 0 Å². The maximum atomic E-state index is 5.15. The Morgan fingerprint density at radius 2 is 2.10 bits per heavy atom. The third-order valence-electron chi connectivity index (χ3n) is 3.21. The Hall–Kier alpha value is -2.08. The van der Waals surface area contributed by atoms with Gasteiger partial charge >= 0.3 is 0 Å². The van der Waals surface area contributed by atoms with Crippen molar-refractivity contribution < 1.29 is 4.74 Å². The molecule has 0 saturated carbocycles. The fraction of sp³-hybridized carbons (Fsp3) is 0.200. The topological polar surface area (TPSA) is 51.5 Å². The summed E-state index contributed by atoms with van der Waals surface area (Å²) in [7, 11) is 1.67. The fourth-order valence-electron chi connectivity index (χ4n) is 2.14. The van der Waals surface area contributed by atoms with Gasteiger partial charge in [0, 0.05) is 25.1 Å². The summed E-state index contributed by atoms with van der Waals surface area (Å²) < 4.78 is 7.87. The number of hydrogen-bond acceptors (Lipinski definition) is 4. The van der Waals surface area contributed by atoms with Crippen molar-refractivity contribution in [1.29, 1.82) is 0 Å². The van der Waals surface area contributed by atoms with E-state index in [2.05, 4.69) is 43.3 Å². The first-order valence-corrected chi connectivity index (χ1v) is 7.41. The smallest absolute Gasteiger partial charge is 0.180 e. The van der Waals surface area contributed by atoms with Crippen molar-refractivity contribution in [2.24, 2.45) is 0 Å². The van der Waals surface area contributed by atoms with Crippen LogP contribution >= 0.6 is 15.9 Å². The monoisotopic (exact) mass is 346 g/mol. The first-order chi connectivity index (χ1) is 10.3. The average molecular weight is 347 g/mol. The van der Waals surface area contributed by atoms with Gasteiger partial charge in [0.25, 0.3) is 0 Å². The van der Waals surface area contributed by atoms with Crippen LogP contribution in [0, 0.1) is 0 Å². The van der Waals surface area contributed by atoms with Gasteiger partial charge in [-0.05, 0) is 40.0 Å². The number of nitrogens with zero attached hydrogens (tertiary/aromatic N) is 3. The van der Waals surface area contributed by atoms with Crippen LogP contribution in [0.25, 0.3) is 5.65 Å². The molecule has 1 N–H and O–H groups in total. The highest BCUT2D eigenvalue weighted by atomic mass is 79.9. The number of anilines is 1. The summed E-state index contributed by atoms with van der Waals surface area (Å²) in [6.07, 6.45) is 6.45. The molecule has 0 aliphatic heterocycles. The molecule has 2 heterocycles. The molecule has 5 nitrogen and oxygen atoms in total. The molecular formula is C15H15BrN4O. The lowest BCUT2D eigenvalue weighted by atomic mass is 10.1. The lowest BCUT2D eigenvalue weighted by Crippen LogP contribution is -2.08. The quantitative estimate of drug-likeness (QED) is 0.770. The molecule has 0 radical (unpaired) electrons. The molecule has 0 saturated heterocycles. The molecule has 6 heteroatoms. The van der Waals surface area contributed by atoms with Crippen molar-refractivity contribution in [3.63, 3.8) is 0 Å². The van der Waals surface area contributed by atoms with Crippen molar-refractivity contribution in [3.8, 4) is 5.75 Å². The molecule has 21 heavy (non-hydrogen) atoms. The zero-order chi connectivity index (χ0) is 14.7. The van der Waals surface area contributed by atoms with Crippen LogP contribution in [0.2, 0.25) is 0 Å². The lowest BCUT2D eigenvalue weighted by molar-refractivity contribution is 0.414. The van der Waals surface area contributed by atoms with Gasteiger partial charge in [0.1, 0.15) is 10.4 Å². The number of hydrogen-bond donors (Lipinski definition) is 1. The third-order valence-corrected chi connectivity index (χ3v) is 3.59.